The zero-order valence-electron chi connectivity index (χ0n) is 9.57. The van der Waals surface area contributed by atoms with E-state index >= 15 is 0 Å². The van der Waals surface area contributed by atoms with Gasteiger partial charge in [-0.3, -0.25) is 9.59 Å². The predicted octanol–water partition coefficient (Wildman–Crippen LogP) is 2.35. The van der Waals surface area contributed by atoms with Crippen molar-refractivity contribution in [2.75, 3.05) is 23.3 Å². The Morgan fingerprint density at radius 3 is 2.78 bits per heavy atom. The van der Waals surface area contributed by atoms with E-state index in [-0.39, 0.29) is 0 Å². The van der Waals surface area contributed by atoms with Gasteiger partial charge in [-0.1, -0.05) is 12.2 Å². The highest BCUT2D eigenvalue weighted by Crippen LogP contribution is 2.35. The number of benzene rings is 1. The molecule has 0 saturated carbocycles. The topological polar surface area (TPSA) is 49.4 Å². The van der Waals surface area contributed by atoms with Crippen LogP contribution in [0.15, 0.2) is 28.8 Å². The maximum absolute atomic E-state index is 11.6. The maximum atomic E-state index is 11.6. The van der Waals surface area contributed by atoms with Gasteiger partial charge in [-0.05, 0) is 34.5 Å². The van der Waals surface area contributed by atoms with Crippen LogP contribution < -0.4 is 10.2 Å². The van der Waals surface area contributed by atoms with E-state index in [4.69, 9.17) is 0 Å². The molecule has 1 aromatic rings. The van der Waals surface area contributed by atoms with Crippen LogP contribution >= 0.6 is 15.9 Å². The quantitative estimate of drug-likeness (QED) is 0.640. The van der Waals surface area contributed by atoms with Crippen molar-refractivity contribution in [2.24, 2.45) is 0 Å². The van der Waals surface area contributed by atoms with E-state index in [1.54, 1.807) is 6.07 Å². The highest BCUT2D eigenvalue weighted by Gasteiger charge is 2.29. The van der Waals surface area contributed by atoms with Gasteiger partial charge in [-0.25, -0.2) is 0 Å². The fourth-order valence-electron chi connectivity index (χ4n) is 2.26. The second-order valence-electron chi connectivity index (χ2n) is 4.34. The van der Waals surface area contributed by atoms with Gasteiger partial charge in [0, 0.05) is 17.6 Å². The molecule has 5 heteroatoms. The van der Waals surface area contributed by atoms with E-state index in [2.05, 4.69) is 38.3 Å². The lowest BCUT2D eigenvalue weighted by Gasteiger charge is -2.27. The molecule has 0 spiro atoms. The summed E-state index contributed by atoms with van der Waals surface area (Å²) >= 11 is 3.48. The average Bonchev–Trinajstić information content (AvgIpc) is 2.66. The number of carbonyl (C=O) groups is 2. The fourth-order valence-corrected chi connectivity index (χ4v) is 2.85. The summed E-state index contributed by atoms with van der Waals surface area (Å²) in [6, 6.07) is 3.59. The molecule has 3 rings (SSSR count). The van der Waals surface area contributed by atoms with E-state index in [1.807, 2.05) is 6.07 Å². The van der Waals surface area contributed by atoms with E-state index in [1.165, 1.54) is 0 Å². The molecule has 0 aromatic heterocycles. The summed E-state index contributed by atoms with van der Waals surface area (Å²) < 4.78 is 0.849. The molecule has 2 heterocycles. The van der Waals surface area contributed by atoms with Crippen LogP contribution in [-0.2, 0) is 4.79 Å². The molecule has 0 bridgehead atoms. The maximum Gasteiger partial charge on any atom is 0.296 e. The number of anilines is 2. The lowest BCUT2D eigenvalue weighted by atomic mass is 10.1. The molecule has 2 aliphatic rings. The smallest absolute Gasteiger partial charge is 0.296 e. The molecule has 0 unspecified atom stereocenters. The zero-order chi connectivity index (χ0) is 12.7. The van der Waals surface area contributed by atoms with Crippen molar-refractivity contribution < 1.29 is 9.59 Å². The van der Waals surface area contributed by atoms with Crippen LogP contribution in [0.25, 0.3) is 0 Å². The SMILES string of the molecule is O=C1Nc2cc(N3CC=CCC3)c(Br)cc2C1=O. The third-order valence-electron chi connectivity index (χ3n) is 3.18. The third-order valence-corrected chi connectivity index (χ3v) is 3.82. The van der Waals surface area contributed by atoms with Crippen LogP contribution in [0.5, 0.6) is 0 Å². The van der Waals surface area contributed by atoms with Crippen molar-refractivity contribution in [3.8, 4) is 0 Å². The van der Waals surface area contributed by atoms with Gasteiger partial charge >= 0.3 is 0 Å². The Kier molecular flexibility index (Phi) is 2.70. The van der Waals surface area contributed by atoms with Gasteiger partial charge in [0.15, 0.2) is 0 Å². The zero-order valence-corrected chi connectivity index (χ0v) is 11.2. The molecule has 92 valence electrons. The number of Topliss-reactive ketones (excluding diaryl/α,β-unsaturated/α-hetero) is 1. The molecular weight excluding hydrogens is 296 g/mol. The van der Waals surface area contributed by atoms with Gasteiger partial charge in [-0.15, -0.1) is 0 Å². The number of amides is 1. The number of nitrogens with zero attached hydrogens (tertiary/aromatic N) is 1. The Balaban J connectivity index is 2.03. The lowest BCUT2D eigenvalue weighted by Crippen LogP contribution is -2.27. The molecule has 2 aliphatic heterocycles. The van der Waals surface area contributed by atoms with E-state index in [9.17, 15) is 9.59 Å². The first kappa shape index (κ1) is 11.5. The van der Waals surface area contributed by atoms with Crippen LogP contribution in [0.4, 0.5) is 11.4 Å². The number of halogens is 1. The summed E-state index contributed by atoms with van der Waals surface area (Å²) in [7, 11) is 0. The number of carbonyl (C=O) groups excluding carboxylic acids is 2. The minimum atomic E-state index is -0.549. The molecule has 1 amide bonds. The van der Waals surface area contributed by atoms with E-state index in [0.29, 0.717) is 11.3 Å². The number of nitrogens with one attached hydrogen (secondary N) is 1. The number of ketones is 1. The summed E-state index contributed by atoms with van der Waals surface area (Å²) in [4.78, 5) is 25.1. The monoisotopic (exact) mass is 306 g/mol. The van der Waals surface area contributed by atoms with Gasteiger partial charge in [0.05, 0.1) is 16.9 Å². The normalized spacial score (nSPS) is 17.9. The fraction of sp³-hybridized carbons (Fsp3) is 0.231. The number of fused-ring (bicyclic) bond motifs is 1. The van der Waals surface area contributed by atoms with E-state index in [0.717, 1.165) is 29.7 Å². The lowest BCUT2D eigenvalue weighted by molar-refractivity contribution is -0.112. The molecule has 18 heavy (non-hydrogen) atoms. The Morgan fingerprint density at radius 1 is 1.22 bits per heavy atom. The molecule has 0 atom stereocenters. The van der Waals surface area contributed by atoms with Crippen LogP contribution in [-0.4, -0.2) is 24.8 Å². The van der Waals surface area contributed by atoms with Gasteiger partial charge in [0.2, 0.25) is 0 Å². The van der Waals surface area contributed by atoms with Gasteiger partial charge in [0.25, 0.3) is 11.7 Å². The Bertz CT molecular complexity index is 581. The first-order valence-corrected chi connectivity index (χ1v) is 6.55. The van der Waals surface area contributed by atoms with Crippen molar-refractivity contribution in [1.29, 1.82) is 0 Å². The number of rotatable bonds is 1. The first-order chi connectivity index (χ1) is 8.66. The van der Waals surface area contributed by atoms with Crippen LogP contribution in [0, 0.1) is 0 Å². The molecule has 0 saturated heterocycles. The number of hydrogen-bond donors (Lipinski definition) is 1. The van der Waals surface area contributed by atoms with Crippen molar-refractivity contribution in [3.63, 3.8) is 0 Å². The Morgan fingerprint density at radius 2 is 2.06 bits per heavy atom. The van der Waals surface area contributed by atoms with Crippen molar-refractivity contribution in [1.82, 2.24) is 0 Å². The summed E-state index contributed by atoms with van der Waals surface area (Å²) in [5.74, 6) is -1.01. The third kappa shape index (κ3) is 1.75. The molecule has 1 N–H and O–H groups in total. The molecule has 0 fully saturated rings. The van der Waals surface area contributed by atoms with Gasteiger partial charge in [-0.2, -0.15) is 0 Å². The highest BCUT2D eigenvalue weighted by molar-refractivity contribution is 9.10. The summed E-state index contributed by atoms with van der Waals surface area (Å²) in [6.07, 6.45) is 5.28. The standard InChI is InChI=1S/C13H11BrN2O2/c14-9-6-8-10(15-13(18)12(8)17)7-11(9)16-4-2-1-3-5-16/h1-2,6-7H,3-5H2,(H,15,17,18). The van der Waals surface area contributed by atoms with Crippen LogP contribution in [0.3, 0.4) is 0 Å². The Hall–Kier alpha value is -1.62. The van der Waals surface area contributed by atoms with Crippen LogP contribution in [0.2, 0.25) is 0 Å². The molecule has 1 aromatic carbocycles. The molecule has 0 radical (unpaired) electrons. The largest absolute Gasteiger partial charge is 0.367 e. The summed E-state index contributed by atoms with van der Waals surface area (Å²) in [5.41, 5.74) is 2.06. The summed E-state index contributed by atoms with van der Waals surface area (Å²) in [5, 5.41) is 2.60. The minimum Gasteiger partial charge on any atom is -0.367 e. The predicted molar refractivity (Wildman–Crippen MR) is 73.1 cm³/mol. The number of hydrogen-bond acceptors (Lipinski definition) is 3. The molecule has 0 aliphatic carbocycles. The average molecular weight is 307 g/mol. The molecule has 4 nitrogen and oxygen atoms in total. The van der Waals surface area contributed by atoms with Crippen molar-refractivity contribution in [3.05, 3.63) is 34.3 Å². The molecular formula is C13H11BrN2O2. The highest BCUT2D eigenvalue weighted by atomic mass is 79.9. The van der Waals surface area contributed by atoms with Crippen molar-refractivity contribution >= 4 is 39.0 Å². The van der Waals surface area contributed by atoms with Crippen molar-refractivity contribution in [2.45, 2.75) is 6.42 Å². The van der Waals surface area contributed by atoms with Gasteiger partial charge in [0.1, 0.15) is 0 Å². The van der Waals surface area contributed by atoms with E-state index < -0.39 is 11.7 Å². The van der Waals surface area contributed by atoms with Gasteiger partial charge < -0.3 is 10.2 Å². The second kappa shape index (κ2) is 4.24. The first-order valence-electron chi connectivity index (χ1n) is 5.76. The van der Waals surface area contributed by atoms with Crippen LogP contribution in [0.1, 0.15) is 16.8 Å². The second-order valence-corrected chi connectivity index (χ2v) is 5.19. The minimum absolute atomic E-state index is 0.447. The summed E-state index contributed by atoms with van der Waals surface area (Å²) in [6.45, 7) is 1.79. The Labute approximate surface area is 113 Å².